The number of carbonyl (C=O) groups is 2. The Balaban J connectivity index is 1.79. The van der Waals surface area contributed by atoms with Crippen molar-refractivity contribution in [3.63, 3.8) is 0 Å². The van der Waals surface area contributed by atoms with E-state index in [0.29, 0.717) is 26.6 Å². The van der Waals surface area contributed by atoms with Crippen LogP contribution in [0.1, 0.15) is 34.6 Å². The van der Waals surface area contributed by atoms with E-state index >= 15 is 0 Å². The van der Waals surface area contributed by atoms with Gasteiger partial charge in [0.25, 0.3) is 5.56 Å². The normalized spacial score (nSPS) is 12.2. The van der Waals surface area contributed by atoms with Gasteiger partial charge in [0, 0.05) is 23.2 Å². The summed E-state index contributed by atoms with van der Waals surface area (Å²) in [6.07, 6.45) is 0. The van der Waals surface area contributed by atoms with Crippen molar-refractivity contribution < 1.29 is 9.59 Å². The Bertz CT molecular complexity index is 1130. The summed E-state index contributed by atoms with van der Waals surface area (Å²) < 4.78 is 1.50. The number of ketones is 1. The zero-order valence-electron chi connectivity index (χ0n) is 16.3. The number of amides is 1. The van der Waals surface area contributed by atoms with Gasteiger partial charge in [-0.15, -0.1) is 11.3 Å². The Morgan fingerprint density at radius 2 is 1.86 bits per heavy atom. The molecule has 1 amide bonds. The van der Waals surface area contributed by atoms with Crippen molar-refractivity contribution in [2.24, 2.45) is 7.05 Å². The molecular formula is C20H21N3O3S2. The summed E-state index contributed by atoms with van der Waals surface area (Å²) in [5.41, 5.74) is 2.07. The number of nitrogens with zero attached hydrogens (tertiary/aromatic N) is 2. The predicted molar refractivity (Wildman–Crippen MR) is 115 cm³/mol. The Morgan fingerprint density at radius 1 is 1.21 bits per heavy atom. The molecule has 0 saturated carbocycles. The highest BCUT2D eigenvalue weighted by atomic mass is 32.2. The van der Waals surface area contributed by atoms with Crippen LogP contribution < -0.4 is 10.9 Å². The fourth-order valence-electron chi connectivity index (χ4n) is 2.71. The quantitative estimate of drug-likeness (QED) is 0.388. The first-order chi connectivity index (χ1) is 13.2. The lowest BCUT2D eigenvalue weighted by atomic mass is 10.1. The van der Waals surface area contributed by atoms with Crippen molar-refractivity contribution in [2.75, 3.05) is 5.32 Å². The predicted octanol–water partition coefficient (Wildman–Crippen LogP) is 3.93. The maximum absolute atomic E-state index is 12.7. The Hall–Kier alpha value is -2.45. The third kappa shape index (κ3) is 3.88. The van der Waals surface area contributed by atoms with Crippen LogP contribution in [0.25, 0.3) is 10.2 Å². The molecule has 0 aliphatic carbocycles. The summed E-state index contributed by atoms with van der Waals surface area (Å²) in [4.78, 5) is 43.0. The summed E-state index contributed by atoms with van der Waals surface area (Å²) in [5, 5.41) is 3.53. The molecule has 0 bridgehead atoms. The number of fused-ring (bicyclic) bond motifs is 1. The van der Waals surface area contributed by atoms with Crippen molar-refractivity contribution in [2.45, 2.75) is 38.1 Å². The molecule has 0 spiro atoms. The monoisotopic (exact) mass is 415 g/mol. The molecule has 0 aliphatic rings. The van der Waals surface area contributed by atoms with Crippen molar-refractivity contribution in [3.8, 4) is 0 Å². The van der Waals surface area contributed by atoms with Gasteiger partial charge in [0.15, 0.2) is 10.9 Å². The van der Waals surface area contributed by atoms with E-state index in [1.807, 2.05) is 13.8 Å². The van der Waals surface area contributed by atoms with Gasteiger partial charge in [-0.25, -0.2) is 4.98 Å². The second-order valence-electron chi connectivity index (χ2n) is 6.60. The average molecular weight is 416 g/mol. The molecule has 146 valence electrons. The lowest BCUT2D eigenvalue weighted by molar-refractivity contribution is -0.115. The summed E-state index contributed by atoms with van der Waals surface area (Å²) >= 11 is 2.73. The highest BCUT2D eigenvalue weighted by molar-refractivity contribution is 8.00. The topological polar surface area (TPSA) is 81.1 Å². The van der Waals surface area contributed by atoms with E-state index in [4.69, 9.17) is 0 Å². The lowest BCUT2D eigenvalue weighted by Gasteiger charge is -2.13. The van der Waals surface area contributed by atoms with Gasteiger partial charge in [0.1, 0.15) is 4.83 Å². The number of hydrogen-bond donors (Lipinski definition) is 1. The van der Waals surface area contributed by atoms with Crippen LogP contribution in [0.2, 0.25) is 0 Å². The average Bonchev–Trinajstić information content (AvgIpc) is 2.93. The number of carbonyl (C=O) groups excluding carboxylic acids is 2. The third-order valence-corrected chi connectivity index (χ3v) is 6.82. The van der Waals surface area contributed by atoms with Crippen LogP contribution in [0.15, 0.2) is 34.2 Å². The second kappa shape index (κ2) is 7.89. The van der Waals surface area contributed by atoms with Gasteiger partial charge >= 0.3 is 0 Å². The molecule has 0 aliphatic heterocycles. The minimum atomic E-state index is -0.454. The maximum Gasteiger partial charge on any atom is 0.262 e. The van der Waals surface area contributed by atoms with E-state index in [1.54, 1.807) is 38.2 Å². The molecule has 2 aromatic heterocycles. The minimum Gasteiger partial charge on any atom is -0.325 e. The van der Waals surface area contributed by atoms with E-state index in [0.717, 1.165) is 10.4 Å². The van der Waals surface area contributed by atoms with Gasteiger partial charge in [0.2, 0.25) is 5.91 Å². The number of thiophene rings is 1. The molecule has 1 aromatic carbocycles. The smallest absolute Gasteiger partial charge is 0.262 e. The van der Waals surface area contributed by atoms with Crippen LogP contribution in [0.5, 0.6) is 0 Å². The van der Waals surface area contributed by atoms with Crippen LogP contribution >= 0.6 is 23.1 Å². The number of thioether (sulfide) groups is 1. The molecule has 2 heterocycles. The van der Waals surface area contributed by atoms with Crippen molar-refractivity contribution >= 4 is 50.7 Å². The van der Waals surface area contributed by atoms with Crippen LogP contribution in [0.4, 0.5) is 5.69 Å². The molecule has 1 N–H and O–H groups in total. The number of rotatable bonds is 5. The van der Waals surface area contributed by atoms with Crippen LogP contribution in [0, 0.1) is 13.8 Å². The van der Waals surface area contributed by atoms with Crippen molar-refractivity contribution in [1.29, 1.82) is 0 Å². The molecule has 3 aromatic rings. The number of aromatic nitrogens is 2. The molecule has 0 fully saturated rings. The first kappa shape index (κ1) is 20.3. The fourth-order valence-corrected chi connectivity index (χ4v) is 4.65. The first-order valence-corrected chi connectivity index (χ1v) is 10.4. The number of nitrogens with one attached hydrogen (secondary N) is 1. The number of hydrogen-bond acceptors (Lipinski definition) is 6. The maximum atomic E-state index is 12.7. The molecule has 0 radical (unpaired) electrons. The van der Waals surface area contributed by atoms with Crippen LogP contribution in [0.3, 0.4) is 0 Å². The van der Waals surface area contributed by atoms with E-state index < -0.39 is 5.25 Å². The third-order valence-electron chi connectivity index (χ3n) is 4.58. The molecule has 1 unspecified atom stereocenters. The highest BCUT2D eigenvalue weighted by Crippen LogP contribution is 2.29. The Labute approximate surface area is 171 Å². The van der Waals surface area contributed by atoms with E-state index in [1.165, 1.54) is 34.6 Å². The SMILES string of the molecule is CC(=O)c1ccc(NC(=O)C(C)Sc2nc3sc(C)c(C)c3c(=O)n2C)cc1. The van der Waals surface area contributed by atoms with E-state index in [-0.39, 0.29) is 17.2 Å². The lowest BCUT2D eigenvalue weighted by Crippen LogP contribution is -2.25. The zero-order chi connectivity index (χ0) is 20.6. The first-order valence-electron chi connectivity index (χ1n) is 8.74. The van der Waals surface area contributed by atoms with Gasteiger partial charge in [-0.05, 0) is 57.5 Å². The van der Waals surface area contributed by atoms with E-state index in [2.05, 4.69) is 10.3 Å². The molecule has 1 atom stereocenters. The van der Waals surface area contributed by atoms with Crippen LogP contribution in [-0.4, -0.2) is 26.5 Å². The summed E-state index contributed by atoms with van der Waals surface area (Å²) in [7, 11) is 1.68. The Kier molecular flexibility index (Phi) is 5.71. The molecule has 3 rings (SSSR count). The van der Waals surface area contributed by atoms with Gasteiger partial charge in [0.05, 0.1) is 10.6 Å². The number of aryl methyl sites for hydroxylation is 2. The standard InChI is InChI=1S/C20H21N3O3S2/c1-10-12(3)27-18-16(10)19(26)23(5)20(22-18)28-13(4)17(25)21-15-8-6-14(7-9-15)11(2)24/h6-9,13H,1-5H3,(H,21,25). The number of benzene rings is 1. The summed E-state index contributed by atoms with van der Waals surface area (Å²) in [6, 6.07) is 6.75. The zero-order valence-corrected chi connectivity index (χ0v) is 18.0. The molecule has 28 heavy (non-hydrogen) atoms. The highest BCUT2D eigenvalue weighted by Gasteiger charge is 2.20. The minimum absolute atomic E-state index is 0.0248. The fraction of sp³-hybridized carbons (Fsp3) is 0.300. The van der Waals surface area contributed by atoms with Gasteiger partial charge in [-0.3, -0.25) is 19.0 Å². The van der Waals surface area contributed by atoms with Gasteiger partial charge in [-0.2, -0.15) is 0 Å². The molecular weight excluding hydrogens is 394 g/mol. The van der Waals surface area contributed by atoms with E-state index in [9.17, 15) is 14.4 Å². The molecule has 0 saturated heterocycles. The summed E-state index contributed by atoms with van der Waals surface area (Å²) in [6.45, 7) is 7.17. The summed E-state index contributed by atoms with van der Waals surface area (Å²) in [5.74, 6) is -0.225. The van der Waals surface area contributed by atoms with Gasteiger partial charge < -0.3 is 5.32 Å². The van der Waals surface area contributed by atoms with Crippen molar-refractivity contribution in [3.05, 3.63) is 50.6 Å². The number of Topliss-reactive ketones (excluding diaryl/α,β-unsaturated/α-hetero) is 1. The largest absolute Gasteiger partial charge is 0.325 e. The van der Waals surface area contributed by atoms with Gasteiger partial charge in [-0.1, -0.05) is 11.8 Å². The van der Waals surface area contributed by atoms with Crippen molar-refractivity contribution in [1.82, 2.24) is 9.55 Å². The molecule has 6 nitrogen and oxygen atoms in total. The number of anilines is 1. The molecule has 8 heteroatoms. The second-order valence-corrected chi connectivity index (χ2v) is 9.12. The Morgan fingerprint density at radius 3 is 2.46 bits per heavy atom. The van der Waals surface area contributed by atoms with Crippen LogP contribution in [-0.2, 0) is 11.8 Å².